The molecule has 6 rings (SSSR count). The van der Waals surface area contributed by atoms with Crippen LogP contribution in [0.25, 0.3) is 32.7 Å². The Morgan fingerprint density at radius 2 is 0.911 bits per heavy atom. The maximum absolute atomic E-state index is 13.6. The van der Waals surface area contributed by atoms with Crippen molar-refractivity contribution in [2.75, 3.05) is 13.2 Å². The molecule has 56 heavy (non-hydrogen) atoms. The van der Waals surface area contributed by atoms with Crippen LogP contribution < -0.4 is 20.1 Å². The van der Waals surface area contributed by atoms with Gasteiger partial charge in [-0.15, -0.1) is 0 Å². The average Bonchev–Trinajstić information content (AvgIpc) is 3.23. The second-order valence-electron chi connectivity index (χ2n) is 14.8. The van der Waals surface area contributed by atoms with Gasteiger partial charge in [-0.25, -0.2) is 0 Å². The van der Waals surface area contributed by atoms with Gasteiger partial charge in [0.25, 0.3) is 11.8 Å². The minimum Gasteiger partial charge on any atom is -0.493 e. The molecule has 0 saturated heterocycles. The van der Waals surface area contributed by atoms with E-state index in [1.54, 1.807) is 0 Å². The summed E-state index contributed by atoms with van der Waals surface area (Å²) < 4.78 is 13.3. The Morgan fingerprint density at radius 1 is 0.500 bits per heavy atom. The lowest BCUT2D eigenvalue weighted by atomic mass is 9.90. The summed E-state index contributed by atoms with van der Waals surface area (Å²) in [7, 11) is 0. The van der Waals surface area contributed by atoms with Crippen LogP contribution in [0, 0.1) is 0 Å². The van der Waals surface area contributed by atoms with E-state index in [2.05, 4.69) is 24.5 Å². The first-order valence-electron chi connectivity index (χ1n) is 20.5. The van der Waals surface area contributed by atoms with Crippen molar-refractivity contribution < 1.29 is 19.1 Å². The summed E-state index contributed by atoms with van der Waals surface area (Å²) in [5.74, 6) is 1.28. The van der Waals surface area contributed by atoms with Crippen LogP contribution in [-0.4, -0.2) is 25.0 Å². The largest absolute Gasteiger partial charge is 0.493 e. The summed E-state index contributed by atoms with van der Waals surface area (Å²) in [5.41, 5.74) is 5.12. The highest BCUT2D eigenvalue weighted by atomic mass is 16.5. The summed E-state index contributed by atoms with van der Waals surface area (Å²) >= 11 is 0. The molecule has 0 aromatic heterocycles. The molecule has 0 fully saturated rings. The highest BCUT2D eigenvalue weighted by Crippen LogP contribution is 2.46. The van der Waals surface area contributed by atoms with Crippen molar-refractivity contribution in [3.63, 3.8) is 0 Å². The third kappa shape index (κ3) is 9.97. The monoisotopic (exact) mass is 748 g/mol. The lowest BCUT2D eigenvalue weighted by Gasteiger charge is -2.21. The van der Waals surface area contributed by atoms with Crippen LogP contribution in [0.5, 0.6) is 11.5 Å². The maximum atomic E-state index is 13.6. The second-order valence-corrected chi connectivity index (χ2v) is 14.8. The Bertz CT molecular complexity index is 2060. The standard InChI is InChI=1S/C50H56N2O4/c1-5-7-9-17-31-55-45-29-25-39-33-41(49(53)51-35(3)37-19-13-11-14-20-37)23-27-43(39)47(45)48-44-28-24-42(50(54)52-36(4)38-21-15-12-16-22-38)34-40(44)26-30-46(48)56-32-18-10-8-6-2/h11-16,19-30,33-36H,5-10,17-18,31-32H2,1-4H3,(H,51,53)(H,52,54). The van der Waals surface area contributed by atoms with E-state index in [1.807, 2.05) is 135 Å². The molecule has 6 nitrogen and oxygen atoms in total. The zero-order valence-electron chi connectivity index (χ0n) is 33.4. The number of rotatable bonds is 19. The highest BCUT2D eigenvalue weighted by molar-refractivity contribution is 6.12. The molecule has 6 heteroatoms. The van der Waals surface area contributed by atoms with E-state index >= 15 is 0 Å². The molecular formula is C50H56N2O4. The Balaban J connectivity index is 1.42. The van der Waals surface area contributed by atoms with Gasteiger partial charge in [0.1, 0.15) is 11.5 Å². The fraction of sp³-hybridized carbons (Fsp3) is 0.320. The normalized spacial score (nSPS) is 12.3. The second kappa shape index (κ2) is 19.8. The van der Waals surface area contributed by atoms with E-state index < -0.39 is 0 Å². The third-order valence-corrected chi connectivity index (χ3v) is 10.5. The summed E-state index contributed by atoms with van der Waals surface area (Å²) in [5, 5.41) is 10.1. The molecule has 0 saturated carbocycles. The molecule has 0 bridgehead atoms. The number of hydrogen-bond acceptors (Lipinski definition) is 4. The zero-order valence-corrected chi connectivity index (χ0v) is 33.4. The number of carbonyl (C=O) groups is 2. The van der Waals surface area contributed by atoms with Gasteiger partial charge in [-0.1, -0.05) is 137 Å². The molecule has 0 spiro atoms. The number of fused-ring (bicyclic) bond motifs is 2. The Kier molecular flexibility index (Phi) is 14.2. The van der Waals surface area contributed by atoms with Gasteiger partial charge < -0.3 is 20.1 Å². The minimum atomic E-state index is -0.139. The molecule has 0 aliphatic carbocycles. The first-order chi connectivity index (χ1) is 27.4. The SMILES string of the molecule is CCCCCCOc1ccc2cc(C(=O)NC(C)c3ccccc3)ccc2c1-c1c(OCCCCCC)ccc2cc(C(=O)NC(C)c3ccccc3)ccc12. The summed E-state index contributed by atoms with van der Waals surface area (Å²) in [6.45, 7) is 9.61. The maximum Gasteiger partial charge on any atom is 0.251 e. The molecule has 6 aromatic rings. The lowest BCUT2D eigenvalue weighted by molar-refractivity contribution is 0.0931. The van der Waals surface area contributed by atoms with Gasteiger partial charge in [-0.3, -0.25) is 9.59 Å². The predicted octanol–water partition coefficient (Wildman–Crippen LogP) is 12.6. The molecule has 0 aliphatic heterocycles. The first-order valence-corrected chi connectivity index (χ1v) is 20.5. The van der Waals surface area contributed by atoms with Crippen molar-refractivity contribution in [3.05, 3.63) is 144 Å². The van der Waals surface area contributed by atoms with Gasteiger partial charge in [0.2, 0.25) is 0 Å². The van der Waals surface area contributed by atoms with Gasteiger partial charge in [0.15, 0.2) is 0 Å². The zero-order chi connectivity index (χ0) is 39.3. The number of carbonyl (C=O) groups excluding carboxylic acids is 2. The number of benzene rings is 6. The van der Waals surface area contributed by atoms with Crippen molar-refractivity contribution in [1.82, 2.24) is 10.6 Å². The van der Waals surface area contributed by atoms with Gasteiger partial charge in [0.05, 0.1) is 25.3 Å². The van der Waals surface area contributed by atoms with Crippen LogP contribution in [-0.2, 0) is 0 Å². The Hall–Kier alpha value is -5.62. The molecule has 2 N–H and O–H groups in total. The van der Waals surface area contributed by atoms with E-state index in [9.17, 15) is 9.59 Å². The van der Waals surface area contributed by atoms with Crippen LogP contribution in [0.15, 0.2) is 121 Å². The van der Waals surface area contributed by atoms with Crippen molar-refractivity contribution in [3.8, 4) is 22.6 Å². The first kappa shape index (κ1) is 40.1. The topological polar surface area (TPSA) is 76.7 Å². The van der Waals surface area contributed by atoms with Crippen molar-refractivity contribution in [1.29, 1.82) is 0 Å². The van der Waals surface area contributed by atoms with E-state index in [4.69, 9.17) is 9.47 Å². The molecule has 0 radical (unpaired) electrons. The predicted molar refractivity (Wildman–Crippen MR) is 231 cm³/mol. The Labute approximate surface area is 332 Å². The molecule has 0 aliphatic rings. The minimum absolute atomic E-state index is 0.130. The van der Waals surface area contributed by atoms with E-state index in [1.165, 1.54) is 12.8 Å². The van der Waals surface area contributed by atoms with Gasteiger partial charge >= 0.3 is 0 Å². The number of hydrogen-bond donors (Lipinski definition) is 2. The molecule has 2 atom stereocenters. The van der Waals surface area contributed by atoms with Crippen LogP contribution >= 0.6 is 0 Å². The van der Waals surface area contributed by atoms with Crippen LogP contribution in [0.1, 0.15) is 123 Å². The highest BCUT2D eigenvalue weighted by Gasteiger charge is 2.22. The fourth-order valence-corrected chi connectivity index (χ4v) is 7.29. The summed E-state index contributed by atoms with van der Waals surface area (Å²) in [6.07, 6.45) is 8.77. The molecule has 290 valence electrons. The third-order valence-electron chi connectivity index (χ3n) is 10.5. The molecule has 2 unspecified atom stereocenters. The summed E-state index contributed by atoms with van der Waals surface area (Å²) in [6, 6.07) is 39.6. The van der Waals surface area contributed by atoms with Gasteiger partial charge in [0, 0.05) is 22.3 Å². The van der Waals surface area contributed by atoms with Crippen LogP contribution in [0.4, 0.5) is 0 Å². The average molecular weight is 749 g/mol. The van der Waals surface area contributed by atoms with Crippen molar-refractivity contribution >= 4 is 33.4 Å². The molecular weight excluding hydrogens is 693 g/mol. The van der Waals surface area contributed by atoms with Gasteiger partial charge in [-0.2, -0.15) is 0 Å². The fourth-order valence-electron chi connectivity index (χ4n) is 7.29. The molecule has 2 amide bonds. The van der Waals surface area contributed by atoms with Crippen LogP contribution in [0.2, 0.25) is 0 Å². The molecule has 0 heterocycles. The van der Waals surface area contributed by atoms with E-state index in [-0.39, 0.29) is 23.9 Å². The number of ether oxygens (including phenoxy) is 2. The number of nitrogens with one attached hydrogen (secondary N) is 2. The lowest BCUT2D eigenvalue weighted by Crippen LogP contribution is -2.26. The van der Waals surface area contributed by atoms with Gasteiger partial charge in [-0.05, 0) is 95.8 Å². The quantitative estimate of drug-likeness (QED) is 0.0809. The van der Waals surface area contributed by atoms with Crippen molar-refractivity contribution in [2.24, 2.45) is 0 Å². The van der Waals surface area contributed by atoms with E-state index in [0.717, 1.165) is 93.8 Å². The van der Waals surface area contributed by atoms with Crippen LogP contribution in [0.3, 0.4) is 0 Å². The van der Waals surface area contributed by atoms with Crippen molar-refractivity contribution in [2.45, 2.75) is 91.1 Å². The smallest absolute Gasteiger partial charge is 0.251 e. The molecule has 6 aromatic carbocycles. The number of unbranched alkanes of at least 4 members (excludes halogenated alkanes) is 6. The summed E-state index contributed by atoms with van der Waals surface area (Å²) in [4.78, 5) is 27.2. The Morgan fingerprint density at radius 3 is 1.30 bits per heavy atom. The van der Waals surface area contributed by atoms with E-state index in [0.29, 0.717) is 24.3 Å². The number of amides is 2.